The third-order valence-corrected chi connectivity index (χ3v) is 5.38. The largest absolute Gasteiger partial charge is 0.497 e. The molecule has 3 rings (SSSR count). The Kier molecular flexibility index (Phi) is 5.16. The summed E-state index contributed by atoms with van der Waals surface area (Å²) in [5, 5.41) is 9.15. The van der Waals surface area contributed by atoms with Gasteiger partial charge >= 0.3 is 0 Å². The summed E-state index contributed by atoms with van der Waals surface area (Å²) in [6.45, 7) is 9.49. The molecule has 0 aliphatic heterocycles. The molecule has 0 heterocycles. The lowest BCUT2D eigenvalue weighted by atomic mass is 9.62. The van der Waals surface area contributed by atoms with Crippen molar-refractivity contribution in [2.24, 2.45) is 10.8 Å². The van der Waals surface area contributed by atoms with E-state index in [1.54, 1.807) is 7.11 Å². The zero-order valence-electron chi connectivity index (χ0n) is 17.1. The van der Waals surface area contributed by atoms with Crippen molar-refractivity contribution in [2.75, 3.05) is 7.11 Å². The van der Waals surface area contributed by atoms with Crippen molar-refractivity contribution >= 4 is 5.57 Å². The van der Waals surface area contributed by atoms with Gasteiger partial charge in [-0.25, -0.2) is 0 Å². The van der Waals surface area contributed by atoms with Crippen LogP contribution in [0.15, 0.2) is 54.1 Å². The minimum absolute atomic E-state index is 0.279. The van der Waals surface area contributed by atoms with Gasteiger partial charge in [-0.05, 0) is 71.1 Å². The number of nitrogens with zero attached hydrogens (tertiary/aromatic N) is 1. The van der Waals surface area contributed by atoms with Crippen LogP contribution in [0.5, 0.6) is 5.75 Å². The van der Waals surface area contributed by atoms with Gasteiger partial charge in [-0.15, -0.1) is 0 Å². The zero-order chi connectivity index (χ0) is 19.7. The quantitative estimate of drug-likeness (QED) is 0.618. The Hall–Kier alpha value is -2.53. The van der Waals surface area contributed by atoms with E-state index in [0.717, 1.165) is 18.6 Å². The van der Waals surface area contributed by atoms with Crippen molar-refractivity contribution in [1.29, 1.82) is 5.26 Å². The SMILES string of the molecule is COc1ccc(C(=C2CC(C)(C)CC(C)(C)C2)c2ccc(C#N)cc2)cc1. The van der Waals surface area contributed by atoms with Gasteiger partial charge in [-0.1, -0.05) is 57.5 Å². The molecule has 0 saturated heterocycles. The summed E-state index contributed by atoms with van der Waals surface area (Å²) in [6, 6.07) is 18.6. The lowest BCUT2D eigenvalue weighted by Gasteiger charge is -2.43. The van der Waals surface area contributed by atoms with Gasteiger partial charge in [0.05, 0.1) is 18.7 Å². The first-order valence-corrected chi connectivity index (χ1v) is 9.60. The van der Waals surface area contributed by atoms with Crippen molar-refractivity contribution in [3.8, 4) is 11.8 Å². The number of ether oxygens (including phenoxy) is 1. The van der Waals surface area contributed by atoms with Gasteiger partial charge in [0.1, 0.15) is 5.75 Å². The first kappa shape index (κ1) is 19.2. The van der Waals surface area contributed by atoms with Crippen molar-refractivity contribution in [3.05, 3.63) is 70.8 Å². The summed E-state index contributed by atoms with van der Waals surface area (Å²) in [7, 11) is 1.70. The van der Waals surface area contributed by atoms with Crippen LogP contribution in [-0.4, -0.2) is 7.11 Å². The molecule has 2 aromatic carbocycles. The topological polar surface area (TPSA) is 33.0 Å². The van der Waals surface area contributed by atoms with Crippen molar-refractivity contribution in [2.45, 2.75) is 47.0 Å². The molecule has 0 spiro atoms. The Labute approximate surface area is 163 Å². The van der Waals surface area contributed by atoms with Gasteiger partial charge in [0.25, 0.3) is 0 Å². The summed E-state index contributed by atoms with van der Waals surface area (Å²) in [6.07, 6.45) is 3.42. The highest BCUT2D eigenvalue weighted by molar-refractivity contribution is 5.82. The van der Waals surface area contributed by atoms with Gasteiger partial charge in [-0.2, -0.15) is 5.26 Å². The number of hydrogen-bond donors (Lipinski definition) is 0. The summed E-state index contributed by atoms with van der Waals surface area (Å²) >= 11 is 0. The molecule has 2 nitrogen and oxygen atoms in total. The number of benzene rings is 2. The maximum Gasteiger partial charge on any atom is 0.118 e. The lowest BCUT2D eigenvalue weighted by molar-refractivity contribution is 0.154. The molecule has 0 N–H and O–H groups in total. The van der Waals surface area contributed by atoms with E-state index in [1.165, 1.54) is 28.7 Å². The Bertz CT molecular complexity index is 859. The fraction of sp³-hybridized carbons (Fsp3) is 0.400. The molecule has 1 aliphatic rings. The molecule has 1 fully saturated rings. The zero-order valence-corrected chi connectivity index (χ0v) is 17.1. The summed E-state index contributed by atoms with van der Waals surface area (Å²) < 4.78 is 5.34. The second-order valence-corrected chi connectivity index (χ2v) is 9.25. The molecule has 0 amide bonds. The minimum Gasteiger partial charge on any atom is -0.497 e. The molecule has 2 heteroatoms. The molecular weight excluding hydrogens is 330 g/mol. The third kappa shape index (κ3) is 4.42. The van der Waals surface area contributed by atoms with Crippen LogP contribution in [0.2, 0.25) is 0 Å². The van der Waals surface area contributed by atoms with E-state index in [9.17, 15) is 0 Å². The first-order chi connectivity index (χ1) is 12.7. The molecule has 0 bridgehead atoms. The molecule has 0 radical (unpaired) electrons. The predicted octanol–water partition coefficient (Wildman–Crippen LogP) is 6.61. The first-order valence-electron chi connectivity index (χ1n) is 9.60. The summed E-state index contributed by atoms with van der Waals surface area (Å²) in [5.74, 6) is 0.868. The Balaban J connectivity index is 2.17. The molecular formula is C25H29NO. The predicted molar refractivity (Wildman–Crippen MR) is 112 cm³/mol. The maximum absolute atomic E-state index is 9.15. The molecule has 2 aromatic rings. The van der Waals surface area contributed by atoms with Crippen molar-refractivity contribution in [1.82, 2.24) is 0 Å². The van der Waals surface area contributed by atoms with E-state index in [1.807, 2.05) is 24.3 Å². The standard InChI is InChI=1S/C25H29NO/c1-24(2)14-21(15-25(3,4)17-24)23(19-8-6-18(16-26)7-9-19)20-10-12-22(27-5)13-11-20/h6-13H,14-15,17H2,1-5H3. The Morgan fingerprint density at radius 1 is 0.852 bits per heavy atom. The average molecular weight is 360 g/mol. The maximum atomic E-state index is 9.15. The highest BCUT2D eigenvalue weighted by Gasteiger charge is 2.37. The van der Waals surface area contributed by atoms with Crippen LogP contribution in [0.3, 0.4) is 0 Å². The minimum atomic E-state index is 0.279. The van der Waals surface area contributed by atoms with E-state index < -0.39 is 0 Å². The van der Waals surface area contributed by atoms with Crippen LogP contribution in [-0.2, 0) is 0 Å². The summed E-state index contributed by atoms with van der Waals surface area (Å²) in [5.41, 5.74) is 6.46. The van der Waals surface area contributed by atoms with Gasteiger partial charge < -0.3 is 4.74 Å². The van der Waals surface area contributed by atoms with E-state index in [-0.39, 0.29) is 10.8 Å². The molecule has 1 aliphatic carbocycles. The van der Waals surface area contributed by atoms with Crippen LogP contribution in [0, 0.1) is 22.2 Å². The number of rotatable bonds is 3. The summed E-state index contributed by atoms with van der Waals surface area (Å²) in [4.78, 5) is 0. The van der Waals surface area contributed by atoms with Gasteiger partial charge in [0.15, 0.2) is 0 Å². The van der Waals surface area contributed by atoms with Crippen LogP contribution < -0.4 is 4.74 Å². The second kappa shape index (κ2) is 7.24. The van der Waals surface area contributed by atoms with Crippen LogP contribution in [0.4, 0.5) is 0 Å². The Morgan fingerprint density at radius 3 is 1.78 bits per heavy atom. The van der Waals surface area contributed by atoms with Crippen molar-refractivity contribution < 1.29 is 4.74 Å². The number of nitriles is 1. The van der Waals surface area contributed by atoms with Gasteiger partial charge in [-0.3, -0.25) is 0 Å². The average Bonchev–Trinajstić information content (AvgIpc) is 2.60. The van der Waals surface area contributed by atoms with Gasteiger partial charge in [0.2, 0.25) is 0 Å². The van der Waals surface area contributed by atoms with E-state index in [2.05, 4.69) is 58.0 Å². The van der Waals surface area contributed by atoms with Crippen LogP contribution >= 0.6 is 0 Å². The smallest absolute Gasteiger partial charge is 0.118 e. The number of methoxy groups -OCH3 is 1. The Morgan fingerprint density at radius 2 is 1.33 bits per heavy atom. The number of allylic oxidation sites excluding steroid dienone is 1. The monoisotopic (exact) mass is 359 g/mol. The highest BCUT2D eigenvalue weighted by atomic mass is 16.5. The molecule has 1 saturated carbocycles. The van der Waals surface area contributed by atoms with E-state index in [0.29, 0.717) is 5.56 Å². The van der Waals surface area contributed by atoms with E-state index >= 15 is 0 Å². The molecule has 140 valence electrons. The molecule has 0 aromatic heterocycles. The fourth-order valence-corrected chi connectivity index (χ4v) is 4.86. The normalized spacial score (nSPS) is 17.9. The highest BCUT2D eigenvalue weighted by Crippen LogP contribution is 2.50. The lowest BCUT2D eigenvalue weighted by Crippen LogP contribution is -2.30. The molecule has 0 unspecified atom stereocenters. The third-order valence-electron chi connectivity index (χ3n) is 5.38. The second-order valence-electron chi connectivity index (χ2n) is 9.25. The molecule has 0 atom stereocenters. The van der Waals surface area contributed by atoms with E-state index in [4.69, 9.17) is 10.00 Å². The van der Waals surface area contributed by atoms with Crippen LogP contribution in [0.1, 0.15) is 63.6 Å². The fourth-order valence-electron chi connectivity index (χ4n) is 4.86. The van der Waals surface area contributed by atoms with Gasteiger partial charge in [0, 0.05) is 0 Å². The van der Waals surface area contributed by atoms with Crippen LogP contribution in [0.25, 0.3) is 5.57 Å². The molecule has 27 heavy (non-hydrogen) atoms. The van der Waals surface area contributed by atoms with Crippen molar-refractivity contribution in [3.63, 3.8) is 0 Å². The number of hydrogen-bond acceptors (Lipinski definition) is 2.